The molecule has 5 N–H and O–H groups in total. The molecular weight excluding hydrogens is 465 g/mol. The van der Waals surface area contributed by atoms with Crippen molar-refractivity contribution in [3.8, 4) is 0 Å². The summed E-state index contributed by atoms with van der Waals surface area (Å²) in [5, 5.41) is 13.9. The Morgan fingerprint density at radius 1 is 1.11 bits per heavy atom. The van der Waals surface area contributed by atoms with Crippen LogP contribution >= 0.6 is 0 Å². The summed E-state index contributed by atoms with van der Waals surface area (Å²) in [7, 11) is 1.21. The van der Waals surface area contributed by atoms with Crippen LogP contribution in [0.3, 0.4) is 0 Å². The van der Waals surface area contributed by atoms with E-state index < -0.39 is 35.5 Å². The van der Waals surface area contributed by atoms with E-state index in [0.29, 0.717) is 11.6 Å². The van der Waals surface area contributed by atoms with Gasteiger partial charge in [-0.2, -0.15) is 13.2 Å². The average Bonchev–Trinajstić information content (AvgIpc) is 2.83. The SMILES string of the molecule is CNC(=O)OC(=N)/C(N)=C/C(=Nc1ccc(NC(=O)c2ccc3ccccc3c2)nc1)C(F)(F)F. The molecule has 2 amide bonds. The normalized spacial score (nSPS) is 12.2. The number of carbonyl (C=O) groups is 2. The van der Waals surface area contributed by atoms with Gasteiger partial charge in [0.1, 0.15) is 11.5 Å². The van der Waals surface area contributed by atoms with E-state index in [-0.39, 0.29) is 11.5 Å². The maximum atomic E-state index is 13.4. The summed E-state index contributed by atoms with van der Waals surface area (Å²) in [6, 6.07) is 15.2. The molecule has 9 nitrogen and oxygen atoms in total. The molecule has 0 fully saturated rings. The third-order valence-electron chi connectivity index (χ3n) is 4.49. The van der Waals surface area contributed by atoms with Gasteiger partial charge in [0.15, 0.2) is 0 Å². The van der Waals surface area contributed by atoms with Crippen molar-refractivity contribution in [1.82, 2.24) is 10.3 Å². The number of ether oxygens (including phenoxy) is 1. The highest BCUT2D eigenvalue weighted by Crippen LogP contribution is 2.24. The van der Waals surface area contributed by atoms with E-state index in [0.717, 1.165) is 17.0 Å². The molecule has 0 aliphatic rings. The largest absolute Gasteiger partial charge is 0.433 e. The summed E-state index contributed by atoms with van der Waals surface area (Å²) in [5.41, 5.74) is 3.40. The van der Waals surface area contributed by atoms with Crippen molar-refractivity contribution in [1.29, 1.82) is 5.41 Å². The van der Waals surface area contributed by atoms with Gasteiger partial charge in [-0.3, -0.25) is 10.2 Å². The number of halogens is 3. The standard InChI is InChI=1S/C23H19F3N6O3/c1-29-22(34)35-20(28)17(27)11-18(23(24,25)26)31-16-8-9-19(30-12-16)32-21(33)15-7-6-13-4-2-3-5-14(13)10-15/h2-12,28H,27H2,1H3,(H,29,34)(H,30,32,33)/b17-11-,28-20?,31-18?. The quantitative estimate of drug-likeness (QED) is 0.316. The van der Waals surface area contributed by atoms with Crippen LogP contribution in [0.25, 0.3) is 10.8 Å². The van der Waals surface area contributed by atoms with Crippen molar-refractivity contribution in [2.45, 2.75) is 6.18 Å². The van der Waals surface area contributed by atoms with Crippen LogP contribution in [0.5, 0.6) is 0 Å². The van der Waals surface area contributed by atoms with Gasteiger partial charge in [0.25, 0.3) is 5.91 Å². The van der Waals surface area contributed by atoms with Gasteiger partial charge in [0.2, 0.25) is 5.90 Å². The predicted molar refractivity (Wildman–Crippen MR) is 125 cm³/mol. The smallest absolute Gasteiger partial charge is 0.394 e. The van der Waals surface area contributed by atoms with Crippen LogP contribution in [0.1, 0.15) is 10.4 Å². The van der Waals surface area contributed by atoms with E-state index in [9.17, 15) is 22.8 Å². The number of hydrogen-bond acceptors (Lipinski definition) is 7. The maximum Gasteiger partial charge on any atom is 0.433 e. The molecule has 0 aliphatic heterocycles. The summed E-state index contributed by atoms with van der Waals surface area (Å²) >= 11 is 0. The van der Waals surface area contributed by atoms with Crippen molar-refractivity contribution in [3.63, 3.8) is 0 Å². The van der Waals surface area contributed by atoms with Crippen LogP contribution in [0.15, 0.2) is 77.6 Å². The number of anilines is 1. The summed E-state index contributed by atoms with van der Waals surface area (Å²) in [5.74, 6) is -1.32. The van der Waals surface area contributed by atoms with Crippen LogP contribution in [-0.4, -0.2) is 41.8 Å². The first-order chi connectivity index (χ1) is 16.6. The fourth-order valence-electron chi connectivity index (χ4n) is 2.78. The fraction of sp³-hybridized carbons (Fsp3) is 0.0870. The second-order valence-electron chi connectivity index (χ2n) is 6.98. The lowest BCUT2D eigenvalue weighted by Crippen LogP contribution is -2.28. The van der Waals surface area contributed by atoms with Gasteiger partial charge >= 0.3 is 12.3 Å². The van der Waals surface area contributed by atoms with Crippen LogP contribution < -0.4 is 16.4 Å². The first-order valence-corrected chi connectivity index (χ1v) is 9.94. The van der Waals surface area contributed by atoms with Gasteiger partial charge in [0.05, 0.1) is 17.6 Å². The number of alkyl carbamates (subject to hydrolysis) is 1. The van der Waals surface area contributed by atoms with E-state index in [1.54, 1.807) is 18.2 Å². The number of aliphatic imine (C=N–C) groups is 1. The number of carbonyl (C=O) groups excluding carboxylic acids is 2. The molecule has 0 bridgehead atoms. The molecule has 180 valence electrons. The van der Waals surface area contributed by atoms with Crippen molar-refractivity contribution in [2.75, 3.05) is 12.4 Å². The topological polar surface area (TPSA) is 143 Å². The molecule has 35 heavy (non-hydrogen) atoms. The average molecular weight is 484 g/mol. The Hall–Kier alpha value is -4.74. The number of aromatic nitrogens is 1. The van der Waals surface area contributed by atoms with E-state index in [2.05, 4.69) is 20.0 Å². The molecule has 3 aromatic rings. The molecule has 0 aliphatic carbocycles. The number of benzene rings is 2. The molecule has 0 unspecified atom stereocenters. The lowest BCUT2D eigenvalue weighted by atomic mass is 10.1. The Morgan fingerprint density at radius 3 is 2.46 bits per heavy atom. The Balaban J connectivity index is 1.77. The highest BCUT2D eigenvalue weighted by Gasteiger charge is 2.35. The van der Waals surface area contributed by atoms with Gasteiger partial charge in [-0.1, -0.05) is 30.3 Å². The van der Waals surface area contributed by atoms with Crippen LogP contribution in [0, 0.1) is 5.41 Å². The number of alkyl halides is 3. The van der Waals surface area contributed by atoms with Gasteiger partial charge in [0, 0.05) is 12.6 Å². The number of hydrogen-bond donors (Lipinski definition) is 4. The number of allylic oxidation sites excluding steroid dienone is 1. The monoisotopic (exact) mass is 484 g/mol. The minimum atomic E-state index is -4.93. The van der Waals surface area contributed by atoms with Gasteiger partial charge < -0.3 is 21.1 Å². The van der Waals surface area contributed by atoms with Crippen LogP contribution in [0.2, 0.25) is 0 Å². The summed E-state index contributed by atoms with van der Waals surface area (Å²) in [6.07, 6.45) is -4.61. The van der Waals surface area contributed by atoms with Gasteiger partial charge in [-0.25, -0.2) is 14.8 Å². The highest BCUT2D eigenvalue weighted by molar-refractivity contribution is 6.08. The van der Waals surface area contributed by atoms with E-state index in [1.807, 2.05) is 29.6 Å². The zero-order valence-corrected chi connectivity index (χ0v) is 18.2. The summed E-state index contributed by atoms with van der Waals surface area (Å²) in [4.78, 5) is 31.0. The Kier molecular flexibility index (Phi) is 7.44. The summed E-state index contributed by atoms with van der Waals surface area (Å²) in [6.45, 7) is 0. The van der Waals surface area contributed by atoms with Crippen molar-refractivity contribution >= 4 is 45.9 Å². The number of nitrogens with one attached hydrogen (secondary N) is 3. The third-order valence-corrected chi connectivity index (χ3v) is 4.49. The van der Waals surface area contributed by atoms with E-state index >= 15 is 0 Å². The molecule has 0 saturated heterocycles. The number of fused-ring (bicyclic) bond motifs is 1. The Morgan fingerprint density at radius 2 is 1.83 bits per heavy atom. The lowest BCUT2D eigenvalue weighted by molar-refractivity contribution is -0.0576. The molecule has 0 radical (unpaired) electrons. The second kappa shape index (κ2) is 10.5. The zero-order valence-electron chi connectivity index (χ0n) is 18.2. The Bertz CT molecular complexity index is 1330. The molecule has 3 rings (SSSR count). The number of pyridine rings is 1. The first kappa shape index (κ1) is 24.9. The summed E-state index contributed by atoms with van der Waals surface area (Å²) < 4.78 is 44.6. The van der Waals surface area contributed by atoms with Crippen molar-refractivity contribution in [3.05, 3.63) is 78.1 Å². The predicted octanol–water partition coefficient (Wildman–Crippen LogP) is 4.30. The highest BCUT2D eigenvalue weighted by atomic mass is 19.4. The van der Waals surface area contributed by atoms with Gasteiger partial charge in [-0.05, 0) is 41.1 Å². The molecular formula is C23H19F3N6O3. The van der Waals surface area contributed by atoms with Gasteiger partial charge in [-0.15, -0.1) is 0 Å². The molecule has 1 aromatic heterocycles. The molecule has 2 aromatic carbocycles. The Labute approximate surface area is 197 Å². The number of nitrogens with two attached hydrogens (primary N) is 1. The first-order valence-electron chi connectivity index (χ1n) is 9.94. The van der Waals surface area contributed by atoms with E-state index in [1.165, 1.54) is 19.2 Å². The third kappa shape index (κ3) is 6.63. The molecule has 0 spiro atoms. The second-order valence-corrected chi connectivity index (χ2v) is 6.98. The number of rotatable bonds is 5. The van der Waals surface area contributed by atoms with E-state index in [4.69, 9.17) is 11.1 Å². The molecule has 12 heteroatoms. The minimum Gasteiger partial charge on any atom is -0.394 e. The maximum absolute atomic E-state index is 13.4. The molecule has 0 saturated carbocycles. The van der Waals surface area contributed by atoms with Crippen molar-refractivity contribution in [2.24, 2.45) is 10.7 Å². The minimum absolute atomic E-state index is 0.103. The number of amides is 2. The van der Waals surface area contributed by atoms with Crippen LogP contribution in [-0.2, 0) is 4.74 Å². The fourth-order valence-corrected chi connectivity index (χ4v) is 2.78. The van der Waals surface area contributed by atoms with Crippen molar-refractivity contribution < 1.29 is 27.5 Å². The lowest BCUT2D eigenvalue weighted by Gasteiger charge is -2.10. The zero-order chi connectivity index (χ0) is 25.6. The van der Waals surface area contributed by atoms with Crippen LogP contribution in [0.4, 0.5) is 29.5 Å². The molecule has 1 heterocycles. The molecule has 0 atom stereocenters. The number of nitrogens with zero attached hydrogens (tertiary/aromatic N) is 2.